The van der Waals surface area contributed by atoms with Gasteiger partial charge in [-0.1, -0.05) is 6.07 Å². The van der Waals surface area contributed by atoms with Crippen molar-refractivity contribution in [3.63, 3.8) is 0 Å². The summed E-state index contributed by atoms with van der Waals surface area (Å²) in [7, 11) is 3.69. The summed E-state index contributed by atoms with van der Waals surface area (Å²) < 4.78 is 5.17. The molecule has 8 heteroatoms. The third-order valence-electron chi connectivity index (χ3n) is 6.18. The first-order valence-electron chi connectivity index (χ1n) is 11.3. The molecule has 5 rings (SSSR count). The van der Waals surface area contributed by atoms with E-state index in [2.05, 4.69) is 31.9 Å². The molecule has 1 aromatic carbocycles. The van der Waals surface area contributed by atoms with Gasteiger partial charge in [0.25, 0.3) is 5.91 Å². The average molecular weight is 455 g/mol. The zero-order valence-corrected chi connectivity index (χ0v) is 19.3. The van der Waals surface area contributed by atoms with Crippen LogP contribution >= 0.6 is 0 Å². The Bertz CT molecular complexity index is 1320. The highest BCUT2D eigenvalue weighted by atomic mass is 16.5. The number of carbonyl (C=O) groups is 1. The molecule has 1 fully saturated rings. The zero-order chi connectivity index (χ0) is 23.5. The molecular weight excluding hydrogens is 428 g/mol. The molecule has 172 valence electrons. The lowest BCUT2D eigenvalue weighted by Gasteiger charge is -2.20. The van der Waals surface area contributed by atoms with E-state index >= 15 is 0 Å². The van der Waals surface area contributed by atoms with Crippen molar-refractivity contribution in [3.8, 4) is 28.3 Å². The van der Waals surface area contributed by atoms with Gasteiger partial charge < -0.3 is 14.5 Å². The topological polar surface area (TPSA) is 84.3 Å². The molecule has 0 aliphatic carbocycles. The molecule has 0 unspecified atom stereocenters. The summed E-state index contributed by atoms with van der Waals surface area (Å²) in [6, 6.07) is 11.7. The van der Waals surface area contributed by atoms with Crippen LogP contribution in [0.25, 0.3) is 33.3 Å². The van der Waals surface area contributed by atoms with Crippen molar-refractivity contribution < 1.29 is 9.53 Å². The first-order chi connectivity index (χ1) is 16.6. The number of likely N-dealkylation sites (N-methyl/N-ethyl adjacent to an activating group) is 1. The van der Waals surface area contributed by atoms with Crippen LogP contribution in [0.5, 0.6) is 5.88 Å². The van der Waals surface area contributed by atoms with Crippen LogP contribution in [-0.4, -0.2) is 76.0 Å². The summed E-state index contributed by atoms with van der Waals surface area (Å²) >= 11 is 0. The van der Waals surface area contributed by atoms with Crippen LogP contribution in [0.4, 0.5) is 0 Å². The maximum atomic E-state index is 13.2. The van der Waals surface area contributed by atoms with Crippen molar-refractivity contribution >= 4 is 16.8 Å². The molecule has 3 aromatic heterocycles. The Morgan fingerprint density at radius 3 is 2.59 bits per heavy atom. The van der Waals surface area contributed by atoms with Gasteiger partial charge in [0.2, 0.25) is 5.88 Å². The van der Waals surface area contributed by atoms with E-state index in [1.807, 2.05) is 41.3 Å². The van der Waals surface area contributed by atoms with E-state index in [1.54, 1.807) is 32.0 Å². The summed E-state index contributed by atoms with van der Waals surface area (Å²) in [4.78, 5) is 35.1. The van der Waals surface area contributed by atoms with Gasteiger partial charge in [0.1, 0.15) is 6.33 Å². The Morgan fingerprint density at radius 1 is 0.882 bits per heavy atom. The van der Waals surface area contributed by atoms with Gasteiger partial charge in [0.15, 0.2) is 0 Å². The zero-order valence-electron chi connectivity index (χ0n) is 19.3. The van der Waals surface area contributed by atoms with Gasteiger partial charge in [-0.05, 0) is 49.8 Å². The van der Waals surface area contributed by atoms with E-state index < -0.39 is 0 Å². The van der Waals surface area contributed by atoms with Crippen LogP contribution in [0, 0.1) is 0 Å². The number of fused-ring (bicyclic) bond motifs is 1. The highest BCUT2D eigenvalue weighted by molar-refractivity contribution is 5.98. The van der Waals surface area contributed by atoms with E-state index in [0.717, 1.165) is 65.9 Å². The fraction of sp³-hybridized carbons (Fsp3) is 0.269. The van der Waals surface area contributed by atoms with Crippen LogP contribution < -0.4 is 4.74 Å². The number of aromatic nitrogens is 4. The Hall–Kier alpha value is -3.91. The number of pyridine rings is 2. The second kappa shape index (κ2) is 9.52. The summed E-state index contributed by atoms with van der Waals surface area (Å²) in [5, 5.41) is 0.888. The fourth-order valence-electron chi connectivity index (χ4n) is 4.26. The minimum absolute atomic E-state index is 0.00741. The quantitative estimate of drug-likeness (QED) is 0.466. The average Bonchev–Trinajstić information content (AvgIpc) is 3.12. The third kappa shape index (κ3) is 4.45. The van der Waals surface area contributed by atoms with Gasteiger partial charge in [0.05, 0.1) is 23.9 Å². The molecule has 0 N–H and O–H groups in total. The van der Waals surface area contributed by atoms with Gasteiger partial charge in [0, 0.05) is 60.8 Å². The minimum Gasteiger partial charge on any atom is -0.481 e. The van der Waals surface area contributed by atoms with Crippen molar-refractivity contribution in [2.45, 2.75) is 6.42 Å². The lowest BCUT2D eigenvalue weighted by Crippen LogP contribution is -2.34. The standard InChI is InChI=1S/C26H26N6O2/c1-31-8-3-9-32(11-10-31)26(33)21-12-20(14-27-15-21)25-22-13-18(4-6-23(22)29-17-30-25)19-5-7-24(34-2)28-16-19/h4-7,12-17H,3,8-11H2,1-2H3. The van der Waals surface area contributed by atoms with Crippen molar-refractivity contribution in [1.82, 2.24) is 29.7 Å². The van der Waals surface area contributed by atoms with Crippen LogP contribution in [-0.2, 0) is 0 Å². The Balaban J connectivity index is 1.50. The van der Waals surface area contributed by atoms with E-state index in [0.29, 0.717) is 11.4 Å². The molecule has 4 heterocycles. The number of hydrogen-bond donors (Lipinski definition) is 0. The minimum atomic E-state index is 0.00741. The van der Waals surface area contributed by atoms with Crippen LogP contribution in [0.3, 0.4) is 0 Å². The summed E-state index contributed by atoms with van der Waals surface area (Å²) in [6.07, 6.45) is 7.68. The second-order valence-electron chi connectivity index (χ2n) is 8.45. The molecule has 0 saturated carbocycles. The third-order valence-corrected chi connectivity index (χ3v) is 6.18. The number of ether oxygens (including phenoxy) is 1. The maximum Gasteiger partial charge on any atom is 0.255 e. The molecule has 0 bridgehead atoms. The second-order valence-corrected chi connectivity index (χ2v) is 8.45. The van der Waals surface area contributed by atoms with Crippen LogP contribution in [0.15, 0.2) is 61.3 Å². The monoisotopic (exact) mass is 454 g/mol. The molecule has 4 aromatic rings. The lowest BCUT2D eigenvalue weighted by molar-refractivity contribution is 0.0762. The van der Waals surface area contributed by atoms with Crippen molar-refractivity contribution in [2.24, 2.45) is 0 Å². The summed E-state index contributed by atoms with van der Waals surface area (Å²) in [5.74, 6) is 0.574. The smallest absolute Gasteiger partial charge is 0.255 e. The normalized spacial score (nSPS) is 14.7. The fourth-order valence-corrected chi connectivity index (χ4v) is 4.26. The number of hydrogen-bond acceptors (Lipinski definition) is 7. The highest BCUT2D eigenvalue weighted by Crippen LogP contribution is 2.30. The molecule has 0 spiro atoms. The first kappa shape index (κ1) is 21.9. The van der Waals surface area contributed by atoms with Crippen LogP contribution in [0.2, 0.25) is 0 Å². The summed E-state index contributed by atoms with van der Waals surface area (Å²) in [5.41, 5.74) is 4.88. The molecule has 0 radical (unpaired) electrons. The van der Waals surface area contributed by atoms with E-state index in [1.165, 1.54) is 0 Å². The number of rotatable bonds is 4. The molecule has 8 nitrogen and oxygen atoms in total. The Kier molecular flexibility index (Phi) is 6.14. The summed E-state index contributed by atoms with van der Waals surface area (Å²) in [6.45, 7) is 3.35. The number of methoxy groups -OCH3 is 1. The van der Waals surface area contributed by atoms with E-state index in [-0.39, 0.29) is 5.91 Å². The lowest BCUT2D eigenvalue weighted by atomic mass is 10.0. The van der Waals surface area contributed by atoms with E-state index in [4.69, 9.17) is 4.74 Å². The molecular formula is C26H26N6O2. The maximum absolute atomic E-state index is 13.2. The Morgan fingerprint density at radius 2 is 1.76 bits per heavy atom. The van der Waals surface area contributed by atoms with Gasteiger partial charge in [-0.15, -0.1) is 0 Å². The number of benzene rings is 1. The van der Waals surface area contributed by atoms with Crippen molar-refractivity contribution in [1.29, 1.82) is 0 Å². The van der Waals surface area contributed by atoms with Gasteiger partial charge in [-0.25, -0.2) is 15.0 Å². The largest absolute Gasteiger partial charge is 0.481 e. The predicted molar refractivity (Wildman–Crippen MR) is 131 cm³/mol. The van der Waals surface area contributed by atoms with E-state index in [9.17, 15) is 4.79 Å². The van der Waals surface area contributed by atoms with Crippen LogP contribution in [0.1, 0.15) is 16.8 Å². The van der Waals surface area contributed by atoms with Gasteiger partial charge in [-0.2, -0.15) is 0 Å². The SMILES string of the molecule is COc1ccc(-c2ccc3ncnc(-c4cncc(C(=O)N5CCCN(C)CC5)c4)c3c2)cn1. The number of amides is 1. The number of carbonyl (C=O) groups excluding carboxylic acids is 1. The van der Waals surface area contributed by atoms with Gasteiger partial charge >= 0.3 is 0 Å². The number of nitrogens with zero attached hydrogens (tertiary/aromatic N) is 6. The molecule has 1 aliphatic rings. The van der Waals surface area contributed by atoms with Crippen molar-refractivity contribution in [2.75, 3.05) is 40.3 Å². The molecule has 1 amide bonds. The molecule has 0 atom stereocenters. The Labute approximate surface area is 198 Å². The van der Waals surface area contributed by atoms with Crippen molar-refractivity contribution in [3.05, 3.63) is 66.9 Å². The predicted octanol–water partition coefficient (Wildman–Crippen LogP) is 3.54. The highest BCUT2D eigenvalue weighted by Gasteiger charge is 2.20. The van der Waals surface area contributed by atoms with Gasteiger partial charge in [-0.3, -0.25) is 9.78 Å². The molecule has 34 heavy (non-hydrogen) atoms. The molecule has 1 aliphatic heterocycles. The first-order valence-corrected chi connectivity index (χ1v) is 11.3. The molecule has 1 saturated heterocycles.